The second-order valence-electron chi connectivity index (χ2n) is 2.18. The monoisotopic (exact) mass is 160 g/mol. The van der Waals surface area contributed by atoms with Crippen LogP contribution in [0.15, 0.2) is 11.0 Å². The molecule has 0 amide bonds. The zero-order valence-electron chi connectivity index (χ0n) is 5.96. The number of fused-ring (bicyclic) bond motifs is 1. The van der Waals surface area contributed by atoms with Crippen molar-refractivity contribution in [2.45, 2.75) is 0 Å². The number of H-pyrrole nitrogens is 2. The molecular formula is C7H4N4O. The van der Waals surface area contributed by atoms with Crippen LogP contribution in [0, 0.1) is 12.3 Å². The van der Waals surface area contributed by atoms with E-state index in [2.05, 4.69) is 25.9 Å². The first kappa shape index (κ1) is 6.61. The van der Waals surface area contributed by atoms with Gasteiger partial charge in [0.25, 0.3) is 0 Å². The third-order valence-corrected chi connectivity index (χ3v) is 1.38. The van der Waals surface area contributed by atoms with Crippen molar-refractivity contribution >= 4 is 11.3 Å². The predicted molar refractivity (Wildman–Crippen MR) is 42.4 cm³/mol. The van der Waals surface area contributed by atoms with Crippen molar-refractivity contribution < 1.29 is 0 Å². The number of aromatic amines is 2. The molecule has 58 valence electrons. The Labute approximate surface area is 66.9 Å². The highest BCUT2D eigenvalue weighted by atomic mass is 16.1. The minimum absolute atomic E-state index is 0.334. The van der Waals surface area contributed by atoms with Crippen molar-refractivity contribution in [1.29, 1.82) is 0 Å². The van der Waals surface area contributed by atoms with Crippen LogP contribution in [0.1, 0.15) is 5.69 Å². The fourth-order valence-corrected chi connectivity index (χ4v) is 0.884. The Balaban J connectivity index is 2.85. The molecule has 2 aromatic heterocycles. The van der Waals surface area contributed by atoms with Gasteiger partial charge in [0, 0.05) is 0 Å². The molecule has 2 rings (SSSR count). The molecule has 0 radical (unpaired) electrons. The second kappa shape index (κ2) is 2.20. The lowest BCUT2D eigenvalue weighted by molar-refractivity contribution is 1.20. The number of aromatic nitrogens is 4. The molecular weight excluding hydrogens is 156 g/mol. The van der Waals surface area contributed by atoms with E-state index < -0.39 is 0 Å². The molecule has 0 aliphatic rings. The van der Waals surface area contributed by atoms with Crippen molar-refractivity contribution in [2.24, 2.45) is 0 Å². The number of terminal acetylenes is 1. The highest BCUT2D eigenvalue weighted by Gasteiger charge is 1.99. The molecule has 2 heterocycles. The fraction of sp³-hybridized carbons (Fsp3) is 0. The molecule has 2 N–H and O–H groups in total. The summed E-state index contributed by atoms with van der Waals surface area (Å²) in [4.78, 5) is 23.5. The number of nitrogens with zero attached hydrogens (tertiary/aromatic N) is 2. The molecule has 0 aromatic carbocycles. The summed E-state index contributed by atoms with van der Waals surface area (Å²) in [6, 6.07) is 0. The number of rotatable bonds is 0. The van der Waals surface area contributed by atoms with Gasteiger partial charge in [0.05, 0.1) is 6.20 Å². The highest BCUT2D eigenvalue weighted by molar-refractivity contribution is 5.64. The van der Waals surface area contributed by atoms with Crippen LogP contribution in [0.4, 0.5) is 0 Å². The summed E-state index contributed by atoms with van der Waals surface area (Å²) < 4.78 is 0. The van der Waals surface area contributed by atoms with Crippen molar-refractivity contribution in [3.63, 3.8) is 0 Å². The van der Waals surface area contributed by atoms with Crippen LogP contribution in [0.2, 0.25) is 0 Å². The average molecular weight is 160 g/mol. The van der Waals surface area contributed by atoms with Crippen LogP contribution in [-0.2, 0) is 0 Å². The van der Waals surface area contributed by atoms with Gasteiger partial charge in [0.2, 0.25) is 0 Å². The Kier molecular flexibility index (Phi) is 1.21. The summed E-state index contributed by atoms with van der Waals surface area (Å²) in [7, 11) is 0. The van der Waals surface area contributed by atoms with Crippen molar-refractivity contribution in [1.82, 2.24) is 19.9 Å². The molecule has 0 aliphatic carbocycles. The van der Waals surface area contributed by atoms with Gasteiger partial charge in [-0.25, -0.2) is 14.8 Å². The van der Waals surface area contributed by atoms with Crippen molar-refractivity contribution in [3.8, 4) is 12.3 Å². The maximum absolute atomic E-state index is 10.7. The normalized spacial score (nSPS) is 9.92. The second-order valence-corrected chi connectivity index (χ2v) is 2.18. The summed E-state index contributed by atoms with van der Waals surface area (Å²) in [5.74, 6) is 2.32. The van der Waals surface area contributed by atoms with Gasteiger partial charge in [0.15, 0.2) is 11.3 Å². The number of nitrogens with one attached hydrogen (secondary N) is 2. The van der Waals surface area contributed by atoms with E-state index in [-0.39, 0.29) is 5.69 Å². The zero-order chi connectivity index (χ0) is 8.55. The lowest BCUT2D eigenvalue weighted by Gasteiger charge is -1.87. The number of imidazole rings is 1. The summed E-state index contributed by atoms with van der Waals surface area (Å²) in [5.41, 5.74) is 0.867. The van der Waals surface area contributed by atoms with E-state index in [9.17, 15) is 4.79 Å². The molecule has 0 aliphatic heterocycles. The average Bonchev–Trinajstić information content (AvgIpc) is 2.43. The van der Waals surface area contributed by atoms with E-state index in [1.807, 2.05) is 0 Å². The van der Waals surface area contributed by atoms with E-state index in [0.717, 1.165) is 0 Å². The van der Waals surface area contributed by atoms with E-state index >= 15 is 0 Å². The van der Waals surface area contributed by atoms with Crippen LogP contribution < -0.4 is 5.69 Å². The van der Waals surface area contributed by atoms with Gasteiger partial charge in [-0.2, -0.15) is 0 Å². The Morgan fingerprint density at radius 2 is 2.17 bits per heavy atom. The molecule has 0 unspecified atom stereocenters. The molecule has 2 aromatic rings. The SMILES string of the molecule is C#Cc1cnc2[nH]c(=O)[nH]c2n1. The quantitative estimate of drug-likeness (QED) is 0.516. The van der Waals surface area contributed by atoms with Gasteiger partial charge in [-0.05, 0) is 5.92 Å². The van der Waals surface area contributed by atoms with Crippen LogP contribution in [0.25, 0.3) is 11.3 Å². The Bertz CT molecular complexity index is 516. The Hall–Kier alpha value is -2.09. The highest BCUT2D eigenvalue weighted by Crippen LogP contribution is 1.99. The first-order chi connectivity index (χ1) is 5.79. The topological polar surface area (TPSA) is 74.4 Å². The van der Waals surface area contributed by atoms with Gasteiger partial charge < -0.3 is 0 Å². The molecule has 0 saturated heterocycles. The van der Waals surface area contributed by atoms with Gasteiger partial charge in [-0.1, -0.05) is 0 Å². The van der Waals surface area contributed by atoms with Crippen LogP contribution in [0.3, 0.4) is 0 Å². The fourth-order valence-electron chi connectivity index (χ4n) is 0.884. The maximum Gasteiger partial charge on any atom is 0.326 e. The van der Waals surface area contributed by atoms with E-state index in [1.165, 1.54) is 6.20 Å². The van der Waals surface area contributed by atoms with Crippen molar-refractivity contribution in [3.05, 3.63) is 22.4 Å². The standard InChI is InChI=1S/C7H4N4O/c1-2-4-3-8-5-6(9-4)11-7(12)10-5/h1,3H,(H2,8,9,10,11,12). The van der Waals surface area contributed by atoms with E-state index in [0.29, 0.717) is 17.0 Å². The van der Waals surface area contributed by atoms with Gasteiger partial charge in [0.1, 0.15) is 5.69 Å². The first-order valence-corrected chi connectivity index (χ1v) is 3.21. The number of hydrogen-bond donors (Lipinski definition) is 2. The molecule has 12 heavy (non-hydrogen) atoms. The molecule has 0 atom stereocenters. The van der Waals surface area contributed by atoms with E-state index in [1.54, 1.807) is 0 Å². The molecule has 5 nitrogen and oxygen atoms in total. The van der Waals surface area contributed by atoms with Gasteiger partial charge in [-0.3, -0.25) is 9.97 Å². The Morgan fingerprint density at radius 3 is 2.92 bits per heavy atom. The summed E-state index contributed by atoms with van der Waals surface area (Å²) in [6.45, 7) is 0. The molecule has 5 heteroatoms. The summed E-state index contributed by atoms with van der Waals surface area (Å²) in [5, 5.41) is 0. The lowest BCUT2D eigenvalue weighted by atomic mass is 10.5. The first-order valence-electron chi connectivity index (χ1n) is 3.21. The lowest BCUT2D eigenvalue weighted by Crippen LogP contribution is -1.99. The van der Waals surface area contributed by atoms with Gasteiger partial charge >= 0.3 is 5.69 Å². The third-order valence-electron chi connectivity index (χ3n) is 1.38. The number of hydrogen-bond acceptors (Lipinski definition) is 3. The predicted octanol–water partition coefficient (Wildman–Crippen LogP) is -0.373. The maximum atomic E-state index is 10.7. The summed E-state index contributed by atoms with van der Waals surface area (Å²) in [6.07, 6.45) is 6.52. The van der Waals surface area contributed by atoms with Crippen molar-refractivity contribution in [2.75, 3.05) is 0 Å². The molecule has 0 bridgehead atoms. The molecule has 0 fully saturated rings. The van der Waals surface area contributed by atoms with Gasteiger partial charge in [-0.15, -0.1) is 6.42 Å². The Morgan fingerprint density at radius 1 is 1.42 bits per heavy atom. The minimum Gasteiger partial charge on any atom is -0.289 e. The molecule has 0 saturated carbocycles. The van der Waals surface area contributed by atoms with Crippen LogP contribution in [0.5, 0.6) is 0 Å². The van der Waals surface area contributed by atoms with Crippen LogP contribution >= 0.6 is 0 Å². The largest absolute Gasteiger partial charge is 0.326 e. The molecule has 0 spiro atoms. The van der Waals surface area contributed by atoms with E-state index in [4.69, 9.17) is 6.42 Å². The zero-order valence-corrected chi connectivity index (χ0v) is 5.96. The smallest absolute Gasteiger partial charge is 0.289 e. The van der Waals surface area contributed by atoms with Crippen LogP contribution in [-0.4, -0.2) is 19.9 Å². The third kappa shape index (κ3) is 0.864. The summed E-state index contributed by atoms with van der Waals surface area (Å²) >= 11 is 0. The minimum atomic E-state index is -0.334.